The van der Waals surface area contributed by atoms with E-state index in [0.717, 1.165) is 0 Å². The van der Waals surface area contributed by atoms with Gasteiger partial charge < -0.3 is 22.1 Å². The van der Waals surface area contributed by atoms with Gasteiger partial charge in [0, 0.05) is 11.1 Å². The molecule has 0 radical (unpaired) electrons. The zero-order chi connectivity index (χ0) is 14.0. The van der Waals surface area contributed by atoms with Gasteiger partial charge in [-0.1, -0.05) is 24.3 Å². The summed E-state index contributed by atoms with van der Waals surface area (Å²) >= 11 is 0. The summed E-state index contributed by atoms with van der Waals surface area (Å²) in [4.78, 5) is 25.4. The number of carbonyl (C=O) groups excluding carboxylic acids is 2. The van der Waals surface area contributed by atoms with Gasteiger partial charge in [-0.05, 0) is 12.2 Å². The van der Waals surface area contributed by atoms with Crippen molar-refractivity contribution in [3.63, 3.8) is 0 Å². The predicted molar refractivity (Wildman–Crippen MR) is 64.4 cm³/mol. The first-order valence-electron chi connectivity index (χ1n) is 4.45. The molecule has 0 bridgehead atoms. The van der Waals surface area contributed by atoms with Gasteiger partial charge in [0.25, 0.3) is 0 Å². The molecular weight excluding hydrogens is 282 g/mol. The molecule has 1 aromatic carbocycles. The summed E-state index contributed by atoms with van der Waals surface area (Å²) < 4.78 is 0. The Labute approximate surface area is 158 Å². The second-order valence-corrected chi connectivity index (χ2v) is 2.79. The molecule has 20 heavy (non-hydrogen) atoms. The van der Waals surface area contributed by atoms with E-state index in [2.05, 4.69) is 0 Å². The van der Waals surface area contributed by atoms with E-state index in [1.54, 1.807) is 24.3 Å². The van der Waals surface area contributed by atoms with Gasteiger partial charge in [0.15, 0.2) is 11.6 Å². The maximum atomic E-state index is 11.2. The Morgan fingerprint density at radius 1 is 0.700 bits per heavy atom. The van der Waals surface area contributed by atoms with Gasteiger partial charge in [0.1, 0.15) is 0 Å². The molecule has 0 spiro atoms. The Kier molecular flexibility index (Phi) is 17.2. The van der Waals surface area contributed by atoms with Crippen LogP contribution in [0.4, 0.5) is 0 Å². The fourth-order valence-electron chi connectivity index (χ4n) is 1.24. The molecule has 1 aliphatic carbocycles. The van der Waals surface area contributed by atoms with Crippen molar-refractivity contribution in [3.05, 3.63) is 79.5 Å². The summed E-state index contributed by atoms with van der Waals surface area (Å²) in [7, 11) is 0. The van der Waals surface area contributed by atoms with Crippen molar-refractivity contribution >= 4 is 11.6 Å². The van der Waals surface area contributed by atoms with Gasteiger partial charge in [-0.2, -0.15) is 0 Å². The van der Waals surface area contributed by atoms with E-state index in [4.69, 9.17) is 22.1 Å². The van der Waals surface area contributed by atoms with Gasteiger partial charge in [0.2, 0.25) is 0 Å². The Morgan fingerprint density at radius 2 is 0.950 bits per heavy atom. The molecule has 0 heterocycles. The van der Waals surface area contributed by atoms with Crippen LogP contribution in [0.5, 0.6) is 0 Å². The molecule has 0 atom stereocenters. The first-order chi connectivity index (χ1) is 8.62. The molecule has 0 aliphatic heterocycles. The van der Waals surface area contributed by atoms with Crippen molar-refractivity contribution in [2.24, 2.45) is 0 Å². The maximum Gasteiger partial charge on any atom is 1.00 e. The zero-order valence-electron chi connectivity index (χ0n) is 11.0. The van der Waals surface area contributed by atoms with Crippen LogP contribution in [0.15, 0.2) is 36.4 Å². The number of hydrogen-bond acceptors (Lipinski definition) is 2. The van der Waals surface area contributed by atoms with Crippen molar-refractivity contribution in [1.82, 2.24) is 0 Å². The van der Waals surface area contributed by atoms with E-state index in [-0.39, 0.29) is 70.7 Å². The molecule has 90 valence electrons. The second kappa shape index (κ2) is 14.3. The van der Waals surface area contributed by atoms with Crippen molar-refractivity contribution in [2.75, 3.05) is 0 Å². The molecule has 0 saturated carbocycles. The number of benzene rings is 1. The molecule has 10 heteroatoms. The number of nitrogens with zero attached hydrogens (tertiary/aromatic N) is 6. The van der Waals surface area contributed by atoms with Gasteiger partial charge >= 0.3 is 59.1 Å². The first-order valence-corrected chi connectivity index (χ1v) is 4.45. The Balaban J connectivity index is -0.000000316. The third kappa shape index (κ3) is 8.16. The smallest absolute Gasteiger partial charge is 0.373 e. The Morgan fingerprint density at radius 3 is 1.20 bits per heavy atom. The van der Waals surface area contributed by atoms with Crippen molar-refractivity contribution < 1.29 is 68.7 Å². The molecule has 0 fully saturated rings. The Bertz CT molecular complexity index is 512. The van der Waals surface area contributed by atoms with E-state index < -0.39 is 0 Å². The van der Waals surface area contributed by atoms with E-state index in [1.165, 1.54) is 22.0 Å². The molecule has 1 aliphatic rings. The minimum absolute atomic E-state index is 0. The average Bonchev–Trinajstić information content (AvgIpc) is 2.36. The van der Waals surface area contributed by atoms with Crippen LogP contribution >= 0.6 is 0 Å². The summed E-state index contributed by atoms with van der Waals surface area (Å²) in [6.07, 6.45) is 2.62. The molecule has 0 aromatic heterocycles. The van der Waals surface area contributed by atoms with Crippen LogP contribution in [-0.4, -0.2) is 11.6 Å². The quantitative estimate of drug-likeness (QED) is 0.222. The normalized spacial score (nSPS) is 9.60. The molecule has 2 rings (SSSR count). The van der Waals surface area contributed by atoms with Gasteiger partial charge in [-0.15, -0.1) is 0 Å². The van der Waals surface area contributed by atoms with Crippen molar-refractivity contribution in [3.8, 4) is 0 Å². The minimum atomic E-state index is -0.0924. The standard InChI is InChI=1S/C10H6O2.2N3.2Na/c11-9-5-6-10(12)8-4-2-1-3-7(8)9;2*1-3-2;;/h1-6H;;;;/q;2*-1;2*+1. The van der Waals surface area contributed by atoms with Gasteiger partial charge in [-0.3, -0.25) is 19.4 Å². The van der Waals surface area contributed by atoms with Crippen molar-refractivity contribution in [2.45, 2.75) is 0 Å². The summed E-state index contributed by atoms with van der Waals surface area (Å²) in [6, 6.07) is 6.84. The third-order valence-corrected chi connectivity index (χ3v) is 1.84. The average molecular weight is 288 g/mol. The fraction of sp³-hybridized carbons (Fsp3) is 0. The van der Waals surface area contributed by atoms with E-state index in [1.807, 2.05) is 0 Å². The zero-order valence-corrected chi connectivity index (χ0v) is 15.0. The van der Waals surface area contributed by atoms with Crippen LogP contribution in [0.2, 0.25) is 0 Å². The van der Waals surface area contributed by atoms with Crippen LogP contribution in [0, 0.1) is 0 Å². The first kappa shape index (κ1) is 24.0. The second-order valence-electron chi connectivity index (χ2n) is 2.79. The number of allylic oxidation sites excluding steroid dienone is 2. The number of rotatable bonds is 0. The van der Waals surface area contributed by atoms with Crippen molar-refractivity contribution in [1.29, 1.82) is 0 Å². The molecule has 0 N–H and O–H groups in total. The SMILES string of the molecule is O=C1C=CC(=O)c2ccccc21.[N-]=[N+]=[N-].[N-]=[N+]=[N-].[Na+].[Na+]. The van der Waals surface area contributed by atoms with Gasteiger partial charge in [-0.25, -0.2) is 0 Å². The largest absolute Gasteiger partial charge is 1.00 e. The molecule has 0 saturated heterocycles. The Hall–Kier alpha value is -1.08. The molecule has 0 unspecified atom stereocenters. The van der Waals surface area contributed by atoms with Crippen LogP contribution in [0.3, 0.4) is 0 Å². The predicted octanol–water partition coefficient (Wildman–Crippen LogP) is -2.64. The summed E-state index contributed by atoms with van der Waals surface area (Å²) in [6.45, 7) is 0. The summed E-state index contributed by atoms with van der Waals surface area (Å²) in [5, 5.41) is 0. The van der Waals surface area contributed by atoms with Gasteiger partial charge in [0.05, 0.1) is 0 Å². The summed E-state index contributed by atoms with van der Waals surface area (Å²) in [5.41, 5.74) is 28.0. The topological polar surface area (TPSA) is 152 Å². The van der Waals surface area contributed by atoms with Crippen LogP contribution in [-0.2, 0) is 0 Å². The monoisotopic (exact) mass is 288 g/mol. The van der Waals surface area contributed by atoms with E-state index in [9.17, 15) is 9.59 Å². The van der Waals surface area contributed by atoms with E-state index in [0.29, 0.717) is 11.1 Å². The number of ketones is 2. The number of hydrogen-bond donors (Lipinski definition) is 0. The molecular formula is C10H6N6Na2O2. The van der Waals surface area contributed by atoms with E-state index >= 15 is 0 Å². The van der Waals surface area contributed by atoms with Crippen LogP contribution in [0.25, 0.3) is 31.9 Å². The number of carbonyl (C=O) groups is 2. The van der Waals surface area contributed by atoms with Crippen LogP contribution < -0.4 is 59.1 Å². The van der Waals surface area contributed by atoms with Crippen LogP contribution in [0.1, 0.15) is 20.7 Å². The number of fused-ring (bicyclic) bond motifs is 1. The molecule has 8 nitrogen and oxygen atoms in total. The molecule has 1 aromatic rings. The fourth-order valence-corrected chi connectivity index (χ4v) is 1.24. The summed E-state index contributed by atoms with van der Waals surface area (Å²) in [5.74, 6) is -0.185. The third-order valence-electron chi connectivity index (χ3n) is 1.84. The minimum Gasteiger partial charge on any atom is -0.373 e. The molecule has 0 amide bonds. The maximum absolute atomic E-state index is 11.2.